The fourth-order valence-corrected chi connectivity index (χ4v) is 3.02. The predicted octanol–water partition coefficient (Wildman–Crippen LogP) is 2.59. The van der Waals surface area contributed by atoms with Crippen molar-refractivity contribution in [1.29, 1.82) is 0 Å². The number of nitrogens with one attached hydrogen (secondary N) is 1. The van der Waals surface area contributed by atoms with Gasteiger partial charge in [-0.25, -0.2) is 0 Å². The summed E-state index contributed by atoms with van der Waals surface area (Å²) >= 11 is 1.51. The van der Waals surface area contributed by atoms with Crippen molar-refractivity contribution in [2.24, 2.45) is 5.92 Å². The maximum absolute atomic E-state index is 5.15. The van der Waals surface area contributed by atoms with Crippen molar-refractivity contribution in [1.82, 2.24) is 14.9 Å². The Kier molecular flexibility index (Phi) is 6.02. The van der Waals surface area contributed by atoms with Gasteiger partial charge in [0.1, 0.15) is 0 Å². The van der Waals surface area contributed by atoms with Crippen LogP contribution in [-0.4, -0.2) is 30.4 Å². The number of methoxy groups -OCH3 is 1. The van der Waals surface area contributed by atoms with Gasteiger partial charge in [0.2, 0.25) is 0 Å². The fourth-order valence-electron chi connectivity index (χ4n) is 1.96. The second-order valence-corrected chi connectivity index (χ2v) is 5.49. The molecule has 0 aliphatic heterocycles. The number of rotatable bonds is 7. The molecule has 1 N–H and O–H groups in total. The molecule has 1 rings (SSSR count). The molecule has 4 nitrogen and oxygen atoms in total. The van der Waals surface area contributed by atoms with Crippen LogP contribution in [-0.2, 0) is 4.74 Å². The third kappa shape index (κ3) is 3.72. The van der Waals surface area contributed by atoms with Crippen LogP contribution in [0.1, 0.15) is 49.7 Å². The van der Waals surface area contributed by atoms with Crippen LogP contribution in [0, 0.1) is 5.92 Å². The number of hydrogen-bond acceptors (Lipinski definition) is 5. The highest BCUT2D eigenvalue weighted by Crippen LogP contribution is 2.31. The molecule has 98 valence electrons. The molecule has 0 radical (unpaired) electrons. The SMILES string of the molecule is CNC(c1snnc1C(C)C)C(C)CCOC. The van der Waals surface area contributed by atoms with Gasteiger partial charge in [0, 0.05) is 19.8 Å². The number of nitrogens with zero attached hydrogens (tertiary/aromatic N) is 2. The first-order chi connectivity index (χ1) is 8.11. The molecule has 1 heterocycles. The van der Waals surface area contributed by atoms with Gasteiger partial charge in [0.15, 0.2) is 0 Å². The zero-order valence-electron chi connectivity index (χ0n) is 11.4. The lowest BCUT2D eigenvalue weighted by Crippen LogP contribution is -2.24. The average molecular weight is 257 g/mol. The molecule has 2 atom stereocenters. The summed E-state index contributed by atoms with van der Waals surface area (Å²) in [6.45, 7) is 7.35. The second-order valence-electron chi connectivity index (χ2n) is 4.70. The minimum absolute atomic E-state index is 0.322. The lowest BCUT2D eigenvalue weighted by Gasteiger charge is -2.23. The summed E-state index contributed by atoms with van der Waals surface area (Å²) in [5.41, 5.74) is 1.12. The minimum Gasteiger partial charge on any atom is -0.385 e. The molecule has 0 aliphatic rings. The van der Waals surface area contributed by atoms with Crippen LogP contribution in [0.25, 0.3) is 0 Å². The maximum Gasteiger partial charge on any atom is 0.0829 e. The summed E-state index contributed by atoms with van der Waals surface area (Å²) in [4.78, 5) is 1.27. The van der Waals surface area contributed by atoms with Gasteiger partial charge < -0.3 is 10.1 Å². The van der Waals surface area contributed by atoms with E-state index in [1.807, 2.05) is 7.05 Å². The third-order valence-electron chi connectivity index (χ3n) is 3.03. The van der Waals surface area contributed by atoms with E-state index in [-0.39, 0.29) is 0 Å². The Morgan fingerprint density at radius 1 is 1.35 bits per heavy atom. The van der Waals surface area contributed by atoms with Gasteiger partial charge in [-0.15, -0.1) is 5.10 Å². The van der Waals surface area contributed by atoms with E-state index >= 15 is 0 Å². The van der Waals surface area contributed by atoms with Gasteiger partial charge in [-0.2, -0.15) is 0 Å². The Labute approximate surface area is 108 Å². The van der Waals surface area contributed by atoms with Crippen LogP contribution >= 0.6 is 11.5 Å². The van der Waals surface area contributed by atoms with Gasteiger partial charge in [0.05, 0.1) is 10.6 Å². The Bertz CT molecular complexity index is 327. The lowest BCUT2D eigenvalue weighted by atomic mass is 9.94. The second kappa shape index (κ2) is 7.03. The molecule has 0 spiro atoms. The summed E-state index contributed by atoms with van der Waals surface area (Å²) < 4.78 is 9.24. The quantitative estimate of drug-likeness (QED) is 0.815. The first kappa shape index (κ1) is 14.5. The highest BCUT2D eigenvalue weighted by Gasteiger charge is 2.24. The molecule has 0 aliphatic carbocycles. The van der Waals surface area contributed by atoms with Crippen LogP contribution in [0.15, 0.2) is 0 Å². The van der Waals surface area contributed by atoms with E-state index in [1.165, 1.54) is 16.4 Å². The Hall–Kier alpha value is -0.520. The molecular formula is C12H23N3OS. The zero-order valence-corrected chi connectivity index (χ0v) is 12.2. The monoisotopic (exact) mass is 257 g/mol. The zero-order chi connectivity index (χ0) is 12.8. The van der Waals surface area contributed by atoms with Crippen molar-refractivity contribution in [3.63, 3.8) is 0 Å². The van der Waals surface area contributed by atoms with E-state index < -0.39 is 0 Å². The summed E-state index contributed by atoms with van der Waals surface area (Å²) in [7, 11) is 3.74. The van der Waals surface area contributed by atoms with Crippen molar-refractivity contribution in [3.05, 3.63) is 10.6 Å². The van der Waals surface area contributed by atoms with E-state index in [0.717, 1.165) is 18.7 Å². The third-order valence-corrected chi connectivity index (χ3v) is 3.85. The predicted molar refractivity (Wildman–Crippen MR) is 71.5 cm³/mol. The van der Waals surface area contributed by atoms with Crippen molar-refractivity contribution < 1.29 is 4.74 Å². The molecule has 1 aromatic heterocycles. The summed E-state index contributed by atoms with van der Waals surface area (Å²) in [5, 5.41) is 7.63. The van der Waals surface area contributed by atoms with Gasteiger partial charge in [-0.3, -0.25) is 0 Å². The molecular weight excluding hydrogens is 234 g/mol. The lowest BCUT2D eigenvalue weighted by molar-refractivity contribution is 0.171. The van der Waals surface area contributed by atoms with Crippen molar-refractivity contribution in [2.75, 3.05) is 20.8 Å². The summed E-state index contributed by atoms with van der Waals surface area (Å²) in [6, 6.07) is 0.322. The minimum atomic E-state index is 0.322. The molecule has 0 saturated carbocycles. The topological polar surface area (TPSA) is 47.0 Å². The van der Waals surface area contributed by atoms with E-state index in [1.54, 1.807) is 7.11 Å². The largest absolute Gasteiger partial charge is 0.385 e. The Balaban J connectivity index is 2.81. The number of hydrogen-bond donors (Lipinski definition) is 1. The molecule has 0 amide bonds. The molecule has 1 aromatic rings. The van der Waals surface area contributed by atoms with E-state index in [9.17, 15) is 0 Å². The smallest absolute Gasteiger partial charge is 0.0829 e. The fraction of sp³-hybridized carbons (Fsp3) is 0.833. The molecule has 5 heteroatoms. The Morgan fingerprint density at radius 2 is 2.06 bits per heavy atom. The maximum atomic E-state index is 5.15. The average Bonchev–Trinajstić information content (AvgIpc) is 2.76. The van der Waals surface area contributed by atoms with Crippen molar-refractivity contribution in [2.45, 2.75) is 39.2 Å². The summed E-state index contributed by atoms with van der Waals surface area (Å²) in [6.07, 6.45) is 1.04. The molecule has 17 heavy (non-hydrogen) atoms. The summed E-state index contributed by atoms with van der Waals surface area (Å²) in [5.74, 6) is 0.939. The number of aromatic nitrogens is 2. The molecule has 2 unspecified atom stereocenters. The number of ether oxygens (including phenoxy) is 1. The molecule has 0 saturated heterocycles. The van der Waals surface area contributed by atoms with Crippen molar-refractivity contribution in [3.8, 4) is 0 Å². The van der Waals surface area contributed by atoms with Crippen LogP contribution in [0.2, 0.25) is 0 Å². The van der Waals surface area contributed by atoms with Gasteiger partial charge >= 0.3 is 0 Å². The Morgan fingerprint density at radius 3 is 2.59 bits per heavy atom. The molecule has 0 fully saturated rings. The normalized spacial score (nSPS) is 15.2. The van der Waals surface area contributed by atoms with Crippen LogP contribution < -0.4 is 5.32 Å². The van der Waals surface area contributed by atoms with Crippen molar-refractivity contribution >= 4 is 11.5 Å². The van der Waals surface area contributed by atoms with Crippen LogP contribution in [0.5, 0.6) is 0 Å². The molecule has 0 aromatic carbocycles. The first-order valence-electron chi connectivity index (χ1n) is 6.10. The van der Waals surface area contributed by atoms with Crippen LogP contribution in [0.4, 0.5) is 0 Å². The van der Waals surface area contributed by atoms with E-state index in [0.29, 0.717) is 17.9 Å². The van der Waals surface area contributed by atoms with Gasteiger partial charge in [-0.1, -0.05) is 25.3 Å². The van der Waals surface area contributed by atoms with Gasteiger partial charge in [-0.05, 0) is 36.8 Å². The standard InChI is InChI=1S/C12H23N3OS/c1-8(2)10-12(17-15-14-10)11(13-4)9(3)6-7-16-5/h8-9,11,13H,6-7H2,1-5H3. The van der Waals surface area contributed by atoms with E-state index in [4.69, 9.17) is 4.74 Å². The highest BCUT2D eigenvalue weighted by atomic mass is 32.1. The van der Waals surface area contributed by atoms with E-state index in [2.05, 4.69) is 35.7 Å². The molecule has 0 bridgehead atoms. The highest BCUT2D eigenvalue weighted by molar-refractivity contribution is 7.05. The van der Waals surface area contributed by atoms with Gasteiger partial charge in [0.25, 0.3) is 0 Å². The van der Waals surface area contributed by atoms with Crippen LogP contribution in [0.3, 0.4) is 0 Å². The first-order valence-corrected chi connectivity index (χ1v) is 6.87.